The summed E-state index contributed by atoms with van der Waals surface area (Å²) in [4.78, 5) is 3.95. The van der Waals surface area contributed by atoms with Crippen LogP contribution in [0, 0.1) is 11.3 Å². The Labute approximate surface area is 83.8 Å². The number of anilines is 1. The van der Waals surface area contributed by atoms with Crippen LogP contribution in [0.5, 0.6) is 0 Å². The summed E-state index contributed by atoms with van der Waals surface area (Å²) in [6, 6.07) is 5.78. The van der Waals surface area contributed by atoms with Gasteiger partial charge in [0.15, 0.2) is 5.69 Å². The van der Waals surface area contributed by atoms with Gasteiger partial charge >= 0.3 is 0 Å². The van der Waals surface area contributed by atoms with E-state index in [9.17, 15) is 0 Å². The van der Waals surface area contributed by atoms with Gasteiger partial charge in [-0.05, 0) is 26.0 Å². The van der Waals surface area contributed by atoms with Gasteiger partial charge in [-0.25, -0.2) is 4.98 Å². The molecule has 0 bridgehead atoms. The molecule has 0 saturated heterocycles. The van der Waals surface area contributed by atoms with Crippen molar-refractivity contribution >= 4 is 5.69 Å². The third-order valence-electron chi connectivity index (χ3n) is 2.09. The molecule has 0 aromatic carbocycles. The quantitative estimate of drug-likeness (QED) is 0.748. The number of nitriles is 1. The molecule has 14 heavy (non-hydrogen) atoms. The molecular weight excluding hydrogens is 176 g/mol. The summed E-state index contributed by atoms with van der Waals surface area (Å²) >= 11 is 0. The summed E-state index contributed by atoms with van der Waals surface area (Å²) in [6.45, 7) is 3.89. The lowest BCUT2D eigenvalue weighted by atomic mass is 10.1. The summed E-state index contributed by atoms with van der Waals surface area (Å²) in [6.07, 6.45) is 1.60. The fraction of sp³-hybridized carbons (Fsp3) is 0.400. The second kappa shape index (κ2) is 4.58. The van der Waals surface area contributed by atoms with Crippen molar-refractivity contribution in [1.29, 1.82) is 5.26 Å². The average Bonchev–Trinajstić information content (AvgIpc) is 2.18. The largest absolute Gasteiger partial charge is 0.379 e. The monoisotopic (exact) mass is 190 g/mol. The fourth-order valence-electron chi connectivity index (χ4n) is 0.988. The Morgan fingerprint density at radius 1 is 1.57 bits per heavy atom. The zero-order valence-corrected chi connectivity index (χ0v) is 8.36. The van der Waals surface area contributed by atoms with E-state index in [1.165, 1.54) is 0 Å². The summed E-state index contributed by atoms with van der Waals surface area (Å²) < 4.78 is 0. The molecule has 0 aliphatic heterocycles. The first-order valence-electron chi connectivity index (χ1n) is 4.52. The van der Waals surface area contributed by atoms with Gasteiger partial charge in [0, 0.05) is 18.3 Å². The van der Waals surface area contributed by atoms with Crippen LogP contribution < -0.4 is 11.1 Å². The molecule has 74 valence electrons. The molecule has 0 aliphatic carbocycles. The highest BCUT2D eigenvalue weighted by molar-refractivity contribution is 5.53. The van der Waals surface area contributed by atoms with Crippen molar-refractivity contribution in [3.63, 3.8) is 0 Å². The van der Waals surface area contributed by atoms with E-state index in [-0.39, 0.29) is 12.1 Å². The summed E-state index contributed by atoms with van der Waals surface area (Å²) in [5, 5.41) is 11.9. The van der Waals surface area contributed by atoms with Crippen LogP contribution in [0.1, 0.15) is 19.5 Å². The van der Waals surface area contributed by atoms with Crippen LogP contribution in [0.2, 0.25) is 0 Å². The Bertz CT molecular complexity index is 340. The molecule has 0 radical (unpaired) electrons. The van der Waals surface area contributed by atoms with Gasteiger partial charge in [-0.3, -0.25) is 0 Å². The van der Waals surface area contributed by atoms with E-state index < -0.39 is 0 Å². The van der Waals surface area contributed by atoms with E-state index in [1.54, 1.807) is 12.3 Å². The van der Waals surface area contributed by atoms with Crippen LogP contribution >= 0.6 is 0 Å². The predicted octanol–water partition coefficient (Wildman–Crippen LogP) is 1.10. The van der Waals surface area contributed by atoms with E-state index in [1.807, 2.05) is 26.0 Å². The maximum Gasteiger partial charge on any atom is 0.163 e. The number of nitrogens with two attached hydrogens (primary N) is 1. The average molecular weight is 190 g/mol. The molecule has 1 heterocycles. The third-order valence-corrected chi connectivity index (χ3v) is 2.09. The van der Waals surface area contributed by atoms with Crippen molar-refractivity contribution in [2.45, 2.75) is 25.9 Å². The second-order valence-corrected chi connectivity index (χ2v) is 3.30. The molecule has 1 rings (SSSR count). The summed E-state index contributed by atoms with van der Waals surface area (Å²) in [5.41, 5.74) is 6.85. The molecule has 0 fully saturated rings. The highest BCUT2D eigenvalue weighted by atomic mass is 15.0. The SMILES string of the molecule is CC(N)C(C)Nc1cccnc1C#N. The van der Waals surface area contributed by atoms with E-state index in [0.29, 0.717) is 5.69 Å². The first-order valence-corrected chi connectivity index (χ1v) is 4.52. The molecular formula is C10H14N4. The van der Waals surface area contributed by atoms with Crippen LogP contribution in [0.3, 0.4) is 0 Å². The molecule has 0 saturated carbocycles. The summed E-state index contributed by atoms with van der Waals surface area (Å²) in [7, 11) is 0. The number of hydrogen-bond acceptors (Lipinski definition) is 4. The molecule has 3 N–H and O–H groups in total. The maximum absolute atomic E-state index is 8.79. The Balaban J connectivity index is 2.82. The van der Waals surface area contributed by atoms with Gasteiger partial charge in [-0.1, -0.05) is 0 Å². The van der Waals surface area contributed by atoms with Crippen molar-refractivity contribution in [2.24, 2.45) is 5.73 Å². The summed E-state index contributed by atoms with van der Waals surface area (Å²) in [5.74, 6) is 0. The van der Waals surface area contributed by atoms with E-state index >= 15 is 0 Å². The van der Waals surface area contributed by atoms with Gasteiger partial charge < -0.3 is 11.1 Å². The molecule has 1 aromatic rings. The lowest BCUT2D eigenvalue weighted by Gasteiger charge is -2.18. The third kappa shape index (κ3) is 2.44. The van der Waals surface area contributed by atoms with Crippen molar-refractivity contribution in [2.75, 3.05) is 5.32 Å². The van der Waals surface area contributed by atoms with Gasteiger partial charge in [0.25, 0.3) is 0 Å². The smallest absolute Gasteiger partial charge is 0.163 e. The van der Waals surface area contributed by atoms with Gasteiger partial charge in [0.2, 0.25) is 0 Å². The van der Waals surface area contributed by atoms with Crippen molar-refractivity contribution in [3.05, 3.63) is 24.0 Å². The lowest BCUT2D eigenvalue weighted by Crippen LogP contribution is -2.35. The highest BCUT2D eigenvalue weighted by Gasteiger charge is 2.09. The van der Waals surface area contributed by atoms with Crippen LogP contribution in [0.25, 0.3) is 0 Å². The van der Waals surface area contributed by atoms with Crippen molar-refractivity contribution in [3.8, 4) is 6.07 Å². The minimum Gasteiger partial charge on any atom is -0.379 e. The van der Waals surface area contributed by atoms with Crippen molar-refractivity contribution < 1.29 is 0 Å². The van der Waals surface area contributed by atoms with Crippen LogP contribution in [-0.4, -0.2) is 17.1 Å². The molecule has 1 aromatic heterocycles. The molecule has 2 atom stereocenters. The molecule has 0 spiro atoms. The molecule has 0 aliphatic rings. The van der Waals surface area contributed by atoms with Crippen LogP contribution in [-0.2, 0) is 0 Å². The van der Waals surface area contributed by atoms with E-state index in [2.05, 4.69) is 10.3 Å². The first kappa shape index (κ1) is 10.5. The number of aromatic nitrogens is 1. The van der Waals surface area contributed by atoms with Crippen LogP contribution in [0.15, 0.2) is 18.3 Å². The first-order chi connectivity index (χ1) is 6.65. The molecule has 2 unspecified atom stereocenters. The van der Waals surface area contributed by atoms with Gasteiger partial charge in [-0.15, -0.1) is 0 Å². The normalized spacial score (nSPS) is 14.1. The second-order valence-electron chi connectivity index (χ2n) is 3.30. The highest BCUT2D eigenvalue weighted by Crippen LogP contribution is 2.12. The lowest BCUT2D eigenvalue weighted by molar-refractivity contribution is 0.638. The van der Waals surface area contributed by atoms with E-state index in [0.717, 1.165) is 5.69 Å². The van der Waals surface area contributed by atoms with Gasteiger partial charge in [0.05, 0.1) is 5.69 Å². The number of nitrogens with one attached hydrogen (secondary N) is 1. The maximum atomic E-state index is 8.79. The van der Waals surface area contributed by atoms with Gasteiger partial charge in [0.1, 0.15) is 6.07 Å². The van der Waals surface area contributed by atoms with Crippen LogP contribution in [0.4, 0.5) is 5.69 Å². The Hall–Kier alpha value is -1.60. The minimum atomic E-state index is 0.0294. The van der Waals surface area contributed by atoms with E-state index in [4.69, 9.17) is 11.0 Å². The topological polar surface area (TPSA) is 74.7 Å². The predicted molar refractivity (Wildman–Crippen MR) is 55.7 cm³/mol. The zero-order chi connectivity index (χ0) is 10.6. The van der Waals surface area contributed by atoms with Gasteiger partial charge in [-0.2, -0.15) is 5.26 Å². The molecule has 0 amide bonds. The molecule has 4 nitrogen and oxygen atoms in total. The number of pyridine rings is 1. The number of hydrogen-bond donors (Lipinski definition) is 2. The zero-order valence-electron chi connectivity index (χ0n) is 8.36. The fourth-order valence-corrected chi connectivity index (χ4v) is 0.988. The molecule has 4 heteroatoms. The van der Waals surface area contributed by atoms with Crippen molar-refractivity contribution in [1.82, 2.24) is 4.98 Å². The minimum absolute atomic E-state index is 0.0294. The Morgan fingerprint density at radius 3 is 2.86 bits per heavy atom. The number of nitrogens with zero attached hydrogens (tertiary/aromatic N) is 2. The Kier molecular flexibility index (Phi) is 3.43. The standard InChI is InChI=1S/C10H14N4/c1-7(12)8(2)14-9-4-3-5-13-10(9)6-11/h3-5,7-8,14H,12H2,1-2H3. The number of rotatable bonds is 3. The Morgan fingerprint density at radius 2 is 2.29 bits per heavy atom.